The summed E-state index contributed by atoms with van der Waals surface area (Å²) in [6, 6.07) is 27.4. The van der Waals surface area contributed by atoms with E-state index in [4.69, 9.17) is 4.18 Å². The molecule has 0 atom stereocenters. The van der Waals surface area contributed by atoms with Gasteiger partial charge < -0.3 is 14.5 Å². The van der Waals surface area contributed by atoms with E-state index in [1.165, 1.54) is 36.4 Å². The van der Waals surface area contributed by atoms with Gasteiger partial charge in [-0.15, -0.1) is 0 Å². The van der Waals surface area contributed by atoms with Crippen LogP contribution in [0.15, 0.2) is 102 Å². The van der Waals surface area contributed by atoms with Crippen LogP contribution < -0.4 is 9.50 Å². The van der Waals surface area contributed by atoms with Crippen LogP contribution in [0.2, 0.25) is 0 Å². The number of hydrogen-bond acceptors (Lipinski definition) is 5. The van der Waals surface area contributed by atoms with E-state index in [0.29, 0.717) is 17.1 Å². The van der Waals surface area contributed by atoms with Gasteiger partial charge in [-0.2, -0.15) is 8.42 Å². The molecule has 1 aromatic heterocycles. The highest BCUT2D eigenvalue weighted by Gasteiger charge is 2.17. The van der Waals surface area contributed by atoms with Crippen LogP contribution in [0.3, 0.4) is 0 Å². The number of anilines is 1. The fourth-order valence-corrected chi connectivity index (χ4v) is 4.55. The Bertz CT molecular complexity index is 1590. The predicted octanol–water partition coefficient (Wildman–Crippen LogP) is 5.56. The van der Waals surface area contributed by atoms with E-state index in [1.807, 2.05) is 49.4 Å². The van der Waals surface area contributed by atoms with Crippen molar-refractivity contribution < 1.29 is 17.4 Å². The molecular weight excluding hydrogens is 462 g/mol. The van der Waals surface area contributed by atoms with E-state index < -0.39 is 10.1 Å². The summed E-state index contributed by atoms with van der Waals surface area (Å²) in [4.78, 5) is 20.9. The van der Waals surface area contributed by atoms with Crippen LogP contribution in [0, 0.1) is 6.92 Å². The number of aromatic amines is 1. The SMILES string of the molecule is Cc1ccc(S(=O)(=O)Oc2ccc(C(=O)Nc3ccccc3-c3nc4ccccc4[nH]3)cc2)cc1. The molecule has 0 aliphatic heterocycles. The zero-order chi connectivity index (χ0) is 24.4. The fourth-order valence-electron chi connectivity index (χ4n) is 3.62. The average molecular weight is 484 g/mol. The standard InChI is InChI=1S/C27H21N3O4S/c1-18-10-16-21(17-11-18)35(32,33)34-20-14-12-19(13-15-20)27(31)30-23-7-3-2-6-22(23)26-28-24-8-4-5-9-25(24)29-26/h2-17H,1H3,(H,28,29)(H,30,31). The van der Waals surface area contributed by atoms with Crippen LogP contribution in [-0.2, 0) is 10.1 Å². The van der Waals surface area contributed by atoms with Crippen LogP contribution in [0.1, 0.15) is 15.9 Å². The molecule has 174 valence electrons. The summed E-state index contributed by atoms with van der Waals surface area (Å²) in [6.07, 6.45) is 0. The van der Waals surface area contributed by atoms with E-state index in [-0.39, 0.29) is 16.6 Å². The first-order valence-electron chi connectivity index (χ1n) is 10.9. The lowest BCUT2D eigenvalue weighted by atomic mass is 10.1. The van der Waals surface area contributed by atoms with Crippen molar-refractivity contribution in [3.63, 3.8) is 0 Å². The van der Waals surface area contributed by atoms with Gasteiger partial charge >= 0.3 is 10.1 Å². The monoisotopic (exact) mass is 483 g/mol. The van der Waals surface area contributed by atoms with Crippen molar-refractivity contribution in [2.24, 2.45) is 0 Å². The fraction of sp³-hybridized carbons (Fsp3) is 0.0370. The molecular formula is C27H21N3O4S. The highest BCUT2D eigenvalue weighted by Crippen LogP contribution is 2.28. The van der Waals surface area contributed by atoms with Crippen LogP contribution in [0.5, 0.6) is 5.75 Å². The number of aryl methyl sites for hydroxylation is 1. The number of imidazole rings is 1. The molecule has 7 nitrogen and oxygen atoms in total. The Morgan fingerprint density at radius 2 is 1.54 bits per heavy atom. The van der Waals surface area contributed by atoms with Crippen LogP contribution in [0.4, 0.5) is 5.69 Å². The summed E-state index contributed by atoms with van der Waals surface area (Å²) in [5.41, 5.74) is 4.38. The largest absolute Gasteiger partial charge is 0.379 e. The third-order valence-corrected chi connectivity index (χ3v) is 6.71. The number of hydrogen-bond donors (Lipinski definition) is 2. The van der Waals surface area contributed by atoms with Gasteiger partial charge in [-0.05, 0) is 67.6 Å². The smallest absolute Gasteiger partial charge is 0.339 e. The molecule has 0 radical (unpaired) electrons. The van der Waals surface area contributed by atoms with E-state index >= 15 is 0 Å². The predicted molar refractivity (Wildman–Crippen MR) is 135 cm³/mol. The number of carbonyl (C=O) groups is 1. The van der Waals surface area contributed by atoms with E-state index in [0.717, 1.165) is 22.2 Å². The minimum atomic E-state index is -3.97. The van der Waals surface area contributed by atoms with Gasteiger partial charge in [0.2, 0.25) is 0 Å². The number of H-pyrrole nitrogens is 1. The number of amides is 1. The first-order chi connectivity index (χ1) is 16.9. The minimum Gasteiger partial charge on any atom is -0.379 e. The molecule has 1 amide bonds. The molecule has 0 bridgehead atoms. The molecule has 4 aromatic carbocycles. The molecule has 0 aliphatic rings. The number of carbonyl (C=O) groups excluding carboxylic acids is 1. The van der Waals surface area contributed by atoms with Crippen molar-refractivity contribution >= 4 is 32.7 Å². The Hall–Kier alpha value is -4.43. The quantitative estimate of drug-likeness (QED) is 0.308. The molecule has 0 unspecified atom stereocenters. The van der Waals surface area contributed by atoms with Gasteiger partial charge in [0.1, 0.15) is 16.5 Å². The Labute approximate surface area is 202 Å². The zero-order valence-corrected chi connectivity index (χ0v) is 19.5. The van der Waals surface area contributed by atoms with Crippen molar-refractivity contribution in [1.82, 2.24) is 9.97 Å². The number of benzene rings is 4. The third-order valence-electron chi connectivity index (χ3n) is 5.45. The maximum Gasteiger partial charge on any atom is 0.339 e. The molecule has 5 rings (SSSR count). The van der Waals surface area contributed by atoms with Crippen LogP contribution >= 0.6 is 0 Å². The Balaban J connectivity index is 1.33. The van der Waals surface area contributed by atoms with E-state index in [2.05, 4.69) is 15.3 Å². The maximum absolute atomic E-state index is 12.9. The zero-order valence-electron chi connectivity index (χ0n) is 18.7. The van der Waals surface area contributed by atoms with Gasteiger partial charge in [-0.3, -0.25) is 4.79 Å². The van der Waals surface area contributed by atoms with Crippen molar-refractivity contribution in [3.05, 3.63) is 108 Å². The molecule has 0 saturated heterocycles. The molecule has 8 heteroatoms. The van der Waals surface area contributed by atoms with Gasteiger partial charge in [0.15, 0.2) is 0 Å². The summed E-state index contributed by atoms with van der Waals surface area (Å²) >= 11 is 0. The topological polar surface area (TPSA) is 101 Å². The minimum absolute atomic E-state index is 0.0621. The lowest BCUT2D eigenvalue weighted by Gasteiger charge is -2.10. The first kappa shape index (κ1) is 22.4. The molecule has 0 spiro atoms. The summed E-state index contributed by atoms with van der Waals surface area (Å²) in [5, 5.41) is 2.91. The van der Waals surface area contributed by atoms with Crippen LogP contribution in [-0.4, -0.2) is 24.3 Å². The number of aromatic nitrogens is 2. The molecule has 0 fully saturated rings. The first-order valence-corrected chi connectivity index (χ1v) is 12.3. The number of para-hydroxylation sites is 3. The summed E-state index contributed by atoms with van der Waals surface area (Å²) in [7, 11) is -3.97. The Morgan fingerprint density at radius 3 is 2.29 bits per heavy atom. The highest BCUT2D eigenvalue weighted by molar-refractivity contribution is 7.87. The third kappa shape index (κ3) is 4.78. The van der Waals surface area contributed by atoms with Gasteiger partial charge in [0.25, 0.3) is 5.91 Å². The normalized spacial score (nSPS) is 11.3. The van der Waals surface area contributed by atoms with Gasteiger partial charge in [-0.1, -0.05) is 42.0 Å². The number of rotatable bonds is 6. The molecule has 1 heterocycles. The average Bonchev–Trinajstić information content (AvgIpc) is 3.29. The van der Waals surface area contributed by atoms with Gasteiger partial charge in [0.05, 0.1) is 16.7 Å². The van der Waals surface area contributed by atoms with Crippen molar-refractivity contribution in [2.45, 2.75) is 11.8 Å². The highest BCUT2D eigenvalue weighted by atomic mass is 32.2. The second-order valence-electron chi connectivity index (χ2n) is 7.98. The van der Waals surface area contributed by atoms with Crippen molar-refractivity contribution in [2.75, 3.05) is 5.32 Å². The van der Waals surface area contributed by atoms with Crippen LogP contribution in [0.25, 0.3) is 22.4 Å². The van der Waals surface area contributed by atoms with Crippen molar-refractivity contribution in [3.8, 4) is 17.1 Å². The van der Waals surface area contributed by atoms with Crippen molar-refractivity contribution in [1.29, 1.82) is 0 Å². The molecule has 2 N–H and O–H groups in total. The second kappa shape index (κ2) is 9.08. The Kier molecular flexibility index (Phi) is 5.80. The molecule has 0 saturated carbocycles. The van der Waals surface area contributed by atoms with E-state index in [9.17, 15) is 13.2 Å². The van der Waals surface area contributed by atoms with Gasteiger partial charge in [0, 0.05) is 11.1 Å². The summed E-state index contributed by atoms with van der Waals surface area (Å²) in [6.45, 7) is 1.87. The summed E-state index contributed by atoms with van der Waals surface area (Å²) in [5.74, 6) is 0.415. The number of nitrogens with one attached hydrogen (secondary N) is 2. The molecule has 5 aromatic rings. The Morgan fingerprint density at radius 1 is 0.857 bits per heavy atom. The number of nitrogens with zero attached hydrogens (tertiary/aromatic N) is 1. The molecule has 0 aliphatic carbocycles. The lowest BCUT2D eigenvalue weighted by Crippen LogP contribution is -2.13. The maximum atomic E-state index is 12.9. The van der Waals surface area contributed by atoms with Gasteiger partial charge in [-0.25, -0.2) is 4.98 Å². The summed E-state index contributed by atoms with van der Waals surface area (Å²) < 4.78 is 30.2. The lowest BCUT2D eigenvalue weighted by molar-refractivity contribution is 0.102. The van der Waals surface area contributed by atoms with E-state index in [1.54, 1.807) is 18.2 Å². The molecule has 35 heavy (non-hydrogen) atoms. The number of fused-ring (bicyclic) bond motifs is 1. The second-order valence-corrected chi connectivity index (χ2v) is 9.52.